The Morgan fingerprint density at radius 2 is 1.94 bits per heavy atom. The van der Waals surface area contributed by atoms with Crippen LogP contribution in [0.25, 0.3) is 0 Å². The average Bonchev–Trinajstić information content (AvgIpc) is 2.29. The van der Waals surface area contributed by atoms with Gasteiger partial charge < -0.3 is 4.90 Å². The van der Waals surface area contributed by atoms with E-state index in [9.17, 15) is 4.79 Å². The molecule has 1 aliphatic heterocycles. The van der Waals surface area contributed by atoms with Crippen molar-refractivity contribution in [1.29, 1.82) is 0 Å². The Hall–Kier alpha value is -1.02. The summed E-state index contributed by atoms with van der Waals surface area (Å²) < 4.78 is 0. The van der Waals surface area contributed by atoms with Gasteiger partial charge in [-0.25, -0.2) is 0 Å². The van der Waals surface area contributed by atoms with Gasteiger partial charge in [-0.15, -0.1) is 0 Å². The standard InChI is InChI=1S/C14H18ClNO/c1-14(2)6-8-16(9-7-14)13-5-3-4-12(15)11(13)10-17/h3-5,10H,6-9H2,1-2H3. The number of rotatable bonds is 2. The van der Waals surface area contributed by atoms with Crippen LogP contribution < -0.4 is 4.90 Å². The molecule has 0 unspecified atom stereocenters. The van der Waals surface area contributed by atoms with Gasteiger partial charge in [0.15, 0.2) is 6.29 Å². The summed E-state index contributed by atoms with van der Waals surface area (Å²) in [5.74, 6) is 0. The first-order valence-electron chi connectivity index (χ1n) is 6.02. The van der Waals surface area contributed by atoms with Crippen LogP contribution in [0, 0.1) is 5.41 Å². The SMILES string of the molecule is CC1(C)CCN(c2cccc(Cl)c2C=O)CC1. The molecule has 2 nitrogen and oxygen atoms in total. The molecule has 1 aliphatic rings. The Balaban J connectivity index is 2.24. The molecule has 0 spiro atoms. The van der Waals surface area contributed by atoms with Crippen LogP contribution in [0.1, 0.15) is 37.0 Å². The van der Waals surface area contributed by atoms with E-state index in [4.69, 9.17) is 11.6 Å². The minimum atomic E-state index is 0.413. The molecule has 0 atom stereocenters. The average molecular weight is 252 g/mol. The first kappa shape index (κ1) is 12.4. The molecular formula is C14H18ClNO. The number of aldehydes is 1. The van der Waals surface area contributed by atoms with Crippen LogP contribution in [0.2, 0.25) is 5.02 Å². The molecule has 0 radical (unpaired) electrons. The fourth-order valence-corrected chi connectivity index (χ4v) is 2.49. The molecule has 1 fully saturated rings. The summed E-state index contributed by atoms with van der Waals surface area (Å²) in [6.07, 6.45) is 3.16. The van der Waals surface area contributed by atoms with Gasteiger partial charge in [-0.3, -0.25) is 4.79 Å². The highest BCUT2D eigenvalue weighted by molar-refractivity contribution is 6.33. The first-order chi connectivity index (χ1) is 8.03. The number of hydrogen-bond acceptors (Lipinski definition) is 2. The summed E-state index contributed by atoms with van der Waals surface area (Å²) in [6.45, 7) is 6.58. The van der Waals surface area contributed by atoms with Crippen molar-refractivity contribution in [3.8, 4) is 0 Å². The van der Waals surface area contributed by atoms with E-state index in [1.165, 1.54) is 0 Å². The normalized spacial score (nSPS) is 19.1. The van der Waals surface area contributed by atoms with Crippen LogP contribution in [0.3, 0.4) is 0 Å². The Morgan fingerprint density at radius 3 is 2.53 bits per heavy atom. The lowest BCUT2D eigenvalue weighted by atomic mass is 9.82. The fourth-order valence-electron chi connectivity index (χ4n) is 2.27. The zero-order chi connectivity index (χ0) is 12.5. The highest BCUT2D eigenvalue weighted by atomic mass is 35.5. The summed E-state index contributed by atoms with van der Waals surface area (Å²) in [4.78, 5) is 13.4. The van der Waals surface area contributed by atoms with Crippen molar-refractivity contribution < 1.29 is 4.79 Å². The molecule has 0 saturated carbocycles. The third-order valence-corrected chi connectivity index (χ3v) is 3.94. The van der Waals surface area contributed by atoms with Gasteiger partial charge in [0.1, 0.15) is 0 Å². The third kappa shape index (κ3) is 2.63. The summed E-state index contributed by atoms with van der Waals surface area (Å²) in [5, 5.41) is 0.544. The molecule has 3 heteroatoms. The number of carbonyl (C=O) groups excluding carboxylic acids is 1. The van der Waals surface area contributed by atoms with Gasteiger partial charge >= 0.3 is 0 Å². The van der Waals surface area contributed by atoms with Gasteiger partial charge in [-0.1, -0.05) is 31.5 Å². The van der Waals surface area contributed by atoms with E-state index < -0.39 is 0 Å². The molecule has 0 aromatic heterocycles. The summed E-state index contributed by atoms with van der Waals surface area (Å²) in [5.41, 5.74) is 2.01. The van der Waals surface area contributed by atoms with Crippen LogP contribution in [0.15, 0.2) is 18.2 Å². The van der Waals surface area contributed by atoms with E-state index in [0.717, 1.165) is 37.9 Å². The number of nitrogens with zero attached hydrogens (tertiary/aromatic N) is 1. The van der Waals surface area contributed by atoms with Crippen LogP contribution in [0.4, 0.5) is 5.69 Å². The van der Waals surface area contributed by atoms with E-state index in [2.05, 4.69) is 18.7 Å². The van der Waals surface area contributed by atoms with Crippen molar-refractivity contribution in [2.45, 2.75) is 26.7 Å². The quantitative estimate of drug-likeness (QED) is 0.746. The van der Waals surface area contributed by atoms with E-state index in [0.29, 0.717) is 16.0 Å². The molecule has 0 N–H and O–H groups in total. The van der Waals surface area contributed by atoms with Gasteiger partial charge in [-0.05, 0) is 30.4 Å². The predicted octanol–water partition coefficient (Wildman–Crippen LogP) is 3.78. The Labute approximate surface area is 108 Å². The molecule has 1 aromatic carbocycles. The van der Waals surface area contributed by atoms with Crippen molar-refractivity contribution in [2.24, 2.45) is 5.41 Å². The van der Waals surface area contributed by atoms with Crippen LogP contribution in [0.5, 0.6) is 0 Å². The minimum absolute atomic E-state index is 0.413. The van der Waals surface area contributed by atoms with E-state index in [-0.39, 0.29) is 0 Å². The lowest BCUT2D eigenvalue weighted by Crippen LogP contribution is -2.37. The summed E-state index contributed by atoms with van der Waals surface area (Å²) in [6, 6.07) is 5.65. The molecule has 0 aliphatic carbocycles. The van der Waals surface area contributed by atoms with Gasteiger partial charge in [-0.2, -0.15) is 0 Å². The van der Waals surface area contributed by atoms with Crippen LogP contribution >= 0.6 is 11.6 Å². The number of halogens is 1. The smallest absolute Gasteiger partial charge is 0.153 e. The highest BCUT2D eigenvalue weighted by Crippen LogP contribution is 2.34. The van der Waals surface area contributed by atoms with E-state index in [1.54, 1.807) is 6.07 Å². The zero-order valence-electron chi connectivity index (χ0n) is 10.4. The second-order valence-electron chi connectivity index (χ2n) is 5.44. The molecule has 1 saturated heterocycles. The number of benzene rings is 1. The lowest BCUT2D eigenvalue weighted by Gasteiger charge is -2.38. The Kier molecular flexibility index (Phi) is 3.43. The molecule has 2 rings (SSSR count). The van der Waals surface area contributed by atoms with Crippen LogP contribution in [-0.4, -0.2) is 19.4 Å². The Bertz CT molecular complexity index is 418. The first-order valence-corrected chi connectivity index (χ1v) is 6.40. The Morgan fingerprint density at radius 1 is 1.29 bits per heavy atom. The lowest BCUT2D eigenvalue weighted by molar-refractivity contribution is 0.112. The van der Waals surface area contributed by atoms with Gasteiger partial charge in [0.25, 0.3) is 0 Å². The molecule has 1 aromatic rings. The summed E-state index contributed by atoms with van der Waals surface area (Å²) in [7, 11) is 0. The van der Waals surface area contributed by atoms with Crippen molar-refractivity contribution in [1.82, 2.24) is 0 Å². The topological polar surface area (TPSA) is 20.3 Å². The van der Waals surface area contributed by atoms with Gasteiger partial charge in [0, 0.05) is 18.8 Å². The van der Waals surface area contributed by atoms with Gasteiger partial charge in [0.2, 0.25) is 0 Å². The molecule has 92 valence electrons. The molecule has 0 amide bonds. The maximum absolute atomic E-state index is 11.1. The van der Waals surface area contributed by atoms with E-state index in [1.807, 2.05) is 12.1 Å². The number of hydrogen-bond donors (Lipinski definition) is 0. The second kappa shape index (κ2) is 4.69. The molecule has 1 heterocycles. The zero-order valence-corrected chi connectivity index (χ0v) is 11.1. The number of piperidine rings is 1. The minimum Gasteiger partial charge on any atom is -0.371 e. The molecule has 17 heavy (non-hydrogen) atoms. The number of anilines is 1. The maximum Gasteiger partial charge on any atom is 0.153 e. The second-order valence-corrected chi connectivity index (χ2v) is 5.85. The third-order valence-electron chi connectivity index (χ3n) is 3.61. The largest absolute Gasteiger partial charge is 0.371 e. The monoisotopic (exact) mass is 251 g/mol. The summed E-state index contributed by atoms with van der Waals surface area (Å²) >= 11 is 6.05. The van der Waals surface area contributed by atoms with Gasteiger partial charge in [0.05, 0.1) is 10.6 Å². The molecular weight excluding hydrogens is 234 g/mol. The maximum atomic E-state index is 11.1. The predicted molar refractivity (Wildman–Crippen MR) is 72.1 cm³/mol. The highest BCUT2D eigenvalue weighted by Gasteiger charge is 2.26. The van der Waals surface area contributed by atoms with Crippen LogP contribution in [-0.2, 0) is 0 Å². The van der Waals surface area contributed by atoms with Crippen molar-refractivity contribution in [3.63, 3.8) is 0 Å². The van der Waals surface area contributed by atoms with E-state index >= 15 is 0 Å². The molecule has 0 bridgehead atoms. The van der Waals surface area contributed by atoms with Crippen molar-refractivity contribution in [3.05, 3.63) is 28.8 Å². The fraction of sp³-hybridized carbons (Fsp3) is 0.500. The van der Waals surface area contributed by atoms with Crippen molar-refractivity contribution >= 4 is 23.6 Å². The van der Waals surface area contributed by atoms with Crippen molar-refractivity contribution in [2.75, 3.05) is 18.0 Å². The number of carbonyl (C=O) groups is 1.